The fraction of sp³-hybridized carbons (Fsp3) is 0.368. The van der Waals surface area contributed by atoms with Crippen molar-refractivity contribution in [1.82, 2.24) is 5.32 Å². The van der Waals surface area contributed by atoms with Crippen LogP contribution >= 0.6 is 0 Å². The molecule has 0 atom stereocenters. The molecule has 0 saturated carbocycles. The van der Waals surface area contributed by atoms with Crippen molar-refractivity contribution in [3.63, 3.8) is 0 Å². The summed E-state index contributed by atoms with van der Waals surface area (Å²) in [6.07, 6.45) is 4.87. The van der Waals surface area contributed by atoms with Gasteiger partial charge in [-0.25, -0.2) is 0 Å². The second-order valence-electron chi connectivity index (χ2n) is 5.73. The van der Waals surface area contributed by atoms with Crippen LogP contribution in [-0.2, 0) is 4.79 Å². The number of carbonyl (C=O) groups excluding carboxylic acids is 1. The fourth-order valence-electron chi connectivity index (χ4n) is 2.57. The molecule has 0 aliphatic carbocycles. The summed E-state index contributed by atoms with van der Waals surface area (Å²) in [6, 6.07) is 13.7. The summed E-state index contributed by atoms with van der Waals surface area (Å²) in [5.74, 6) is -0.769. The summed E-state index contributed by atoms with van der Waals surface area (Å²) >= 11 is 0. The normalized spacial score (nSPS) is 10.6. The summed E-state index contributed by atoms with van der Waals surface area (Å²) < 4.78 is 0. The average molecular weight is 313 g/mol. The Labute approximate surface area is 136 Å². The molecule has 0 saturated heterocycles. The molecule has 23 heavy (non-hydrogen) atoms. The molecule has 0 aliphatic rings. The van der Waals surface area contributed by atoms with Gasteiger partial charge in [-0.2, -0.15) is 0 Å². The van der Waals surface area contributed by atoms with Crippen molar-refractivity contribution >= 4 is 22.6 Å². The van der Waals surface area contributed by atoms with Gasteiger partial charge in [0.15, 0.2) is 0 Å². The summed E-state index contributed by atoms with van der Waals surface area (Å²) in [5.41, 5.74) is 0.685. The van der Waals surface area contributed by atoms with E-state index in [2.05, 4.69) is 5.32 Å². The van der Waals surface area contributed by atoms with Crippen LogP contribution < -0.4 is 5.32 Å². The molecule has 0 bridgehead atoms. The van der Waals surface area contributed by atoms with Crippen LogP contribution in [0.25, 0.3) is 10.8 Å². The van der Waals surface area contributed by atoms with Crippen molar-refractivity contribution in [1.29, 1.82) is 0 Å². The van der Waals surface area contributed by atoms with Crippen LogP contribution in [0.1, 0.15) is 48.9 Å². The Bertz CT molecular complexity index is 666. The molecule has 0 fully saturated rings. The minimum absolute atomic E-state index is 0.0402. The van der Waals surface area contributed by atoms with E-state index in [0.29, 0.717) is 12.1 Å². The molecule has 0 aromatic heterocycles. The molecule has 2 N–H and O–H groups in total. The summed E-state index contributed by atoms with van der Waals surface area (Å²) in [5, 5.41) is 13.7. The largest absolute Gasteiger partial charge is 0.481 e. The topological polar surface area (TPSA) is 66.4 Å². The first-order chi connectivity index (χ1) is 11.2. The van der Waals surface area contributed by atoms with Gasteiger partial charge in [0.25, 0.3) is 5.91 Å². The molecular formula is C19H23NO3. The lowest BCUT2D eigenvalue weighted by molar-refractivity contribution is -0.137. The highest BCUT2D eigenvalue weighted by molar-refractivity contribution is 5.98. The van der Waals surface area contributed by atoms with Gasteiger partial charge < -0.3 is 10.4 Å². The van der Waals surface area contributed by atoms with Crippen molar-refractivity contribution in [2.24, 2.45) is 0 Å². The molecule has 0 unspecified atom stereocenters. The molecule has 4 nitrogen and oxygen atoms in total. The molecule has 2 aromatic carbocycles. The van der Waals surface area contributed by atoms with Crippen LogP contribution in [0.15, 0.2) is 42.5 Å². The highest BCUT2D eigenvalue weighted by atomic mass is 16.4. The van der Waals surface area contributed by atoms with Crippen molar-refractivity contribution < 1.29 is 14.7 Å². The molecule has 0 radical (unpaired) electrons. The quantitative estimate of drug-likeness (QED) is 0.688. The van der Waals surface area contributed by atoms with Gasteiger partial charge >= 0.3 is 5.97 Å². The Kier molecular flexibility index (Phi) is 6.60. The molecule has 4 heteroatoms. The van der Waals surface area contributed by atoms with E-state index >= 15 is 0 Å². The fourth-order valence-corrected chi connectivity index (χ4v) is 2.57. The molecule has 0 spiro atoms. The third-order valence-corrected chi connectivity index (χ3v) is 3.86. The van der Waals surface area contributed by atoms with E-state index in [-0.39, 0.29) is 12.3 Å². The number of carboxylic acids is 1. The molecule has 1 amide bonds. The van der Waals surface area contributed by atoms with Crippen molar-refractivity contribution in [2.75, 3.05) is 6.54 Å². The second kappa shape index (κ2) is 8.93. The van der Waals surface area contributed by atoms with E-state index in [1.54, 1.807) is 0 Å². The van der Waals surface area contributed by atoms with Gasteiger partial charge in [-0.3, -0.25) is 9.59 Å². The van der Waals surface area contributed by atoms with Gasteiger partial charge in [0, 0.05) is 18.5 Å². The third-order valence-electron chi connectivity index (χ3n) is 3.86. The van der Waals surface area contributed by atoms with E-state index in [0.717, 1.165) is 42.9 Å². The van der Waals surface area contributed by atoms with E-state index < -0.39 is 5.97 Å². The highest BCUT2D eigenvalue weighted by Crippen LogP contribution is 2.15. The Morgan fingerprint density at radius 3 is 2.35 bits per heavy atom. The molecule has 0 aliphatic heterocycles. The first-order valence-corrected chi connectivity index (χ1v) is 8.15. The van der Waals surface area contributed by atoms with E-state index in [1.165, 1.54) is 0 Å². The highest BCUT2D eigenvalue weighted by Gasteiger charge is 2.05. The zero-order chi connectivity index (χ0) is 16.5. The Morgan fingerprint density at radius 2 is 1.57 bits per heavy atom. The van der Waals surface area contributed by atoms with Gasteiger partial charge in [-0.15, -0.1) is 0 Å². The maximum Gasteiger partial charge on any atom is 0.303 e. The number of fused-ring (bicyclic) bond motifs is 1. The predicted octanol–water partition coefficient (Wildman–Crippen LogP) is 3.99. The van der Waals surface area contributed by atoms with Crippen LogP contribution in [-0.4, -0.2) is 23.5 Å². The van der Waals surface area contributed by atoms with Gasteiger partial charge in [-0.05, 0) is 35.7 Å². The van der Waals surface area contributed by atoms with Gasteiger partial charge in [0.1, 0.15) is 0 Å². The third kappa shape index (κ3) is 5.74. The molecule has 122 valence electrons. The summed E-state index contributed by atoms with van der Waals surface area (Å²) in [7, 11) is 0. The van der Waals surface area contributed by atoms with Crippen LogP contribution in [0.2, 0.25) is 0 Å². The molecule has 2 rings (SSSR count). The first kappa shape index (κ1) is 17.0. The van der Waals surface area contributed by atoms with Crippen molar-refractivity contribution in [3.05, 3.63) is 48.0 Å². The number of hydrogen-bond acceptors (Lipinski definition) is 2. The van der Waals surface area contributed by atoms with Crippen LogP contribution in [0.5, 0.6) is 0 Å². The molecule has 0 heterocycles. The van der Waals surface area contributed by atoms with Crippen LogP contribution in [0.3, 0.4) is 0 Å². The van der Waals surface area contributed by atoms with Crippen LogP contribution in [0.4, 0.5) is 0 Å². The summed E-state index contributed by atoms with van der Waals surface area (Å²) in [6.45, 7) is 0.657. The summed E-state index contributed by atoms with van der Waals surface area (Å²) in [4.78, 5) is 22.5. The minimum atomic E-state index is -0.729. The second-order valence-corrected chi connectivity index (χ2v) is 5.73. The van der Waals surface area contributed by atoms with Crippen molar-refractivity contribution in [3.8, 4) is 0 Å². The maximum absolute atomic E-state index is 12.1. The number of hydrogen-bond donors (Lipinski definition) is 2. The lowest BCUT2D eigenvalue weighted by atomic mass is 10.1. The monoisotopic (exact) mass is 313 g/mol. The SMILES string of the molecule is O=C(O)CCCCCCCNC(=O)c1ccc2ccccc2c1. The average Bonchev–Trinajstić information content (AvgIpc) is 2.56. The number of unbranched alkanes of at least 4 members (excludes halogenated alkanes) is 4. The lowest BCUT2D eigenvalue weighted by Gasteiger charge is -2.06. The zero-order valence-electron chi connectivity index (χ0n) is 13.3. The number of carboxylic acid groups (broad SMARTS) is 1. The van der Waals surface area contributed by atoms with Gasteiger partial charge in [0.05, 0.1) is 0 Å². The maximum atomic E-state index is 12.1. The number of benzene rings is 2. The number of rotatable bonds is 9. The van der Waals surface area contributed by atoms with E-state index in [4.69, 9.17) is 5.11 Å². The number of nitrogens with one attached hydrogen (secondary N) is 1. The van der Waals surface area contributed by atoms with E-state index in [9.17, 15) is 9.59 Å². The minimum Gasteiger partial charge on any atom is -0.481 e. The van der Waals surface area contributed by atoms with Crippen molar-refractivity contribution in [2.45, 2.75) is 38.5 Å². The Hall–Kier alpha value is -2.36. The zero-order valence-corrected chi connectivity index (χ0v) is 13.3. The number of carbonyl (C=O) groups is 2. The number of aliphatic carboxylic acids is 1. The van der Waals surface area contributed by atoms with E-state index in [1.807, 2.05) is 42.5 Å². The lowest BCUT2D eigenvalue weighted by Crippen LogP contribution is -2.24. The number of amides is 1. The Balaban J connectivity index is 1.67. The predicted molar refractivity (Wildman–Crippen MR) is 91.6 cm³/mol. The Morgan fingerprint density at radius 1 is 0.870 bits per heavy atom. The van der Waals surface area contributed by atoms with Gasteiger partial charge in [0.2, 0.25) is 0 Å². The van der Waals surface area contributed by atoms with Crippen LogP contribution in [0, 0.1) is 0 Å². The molecular weight excluding hydrogens is 290 g/mol. The van der Waals surface area contributed by atoms with Gasteiger partial charge in [-0.1, -0.05) is 49.6 Å². The standard InChI is InChI=1S/C19H23NO3/c21-18(22)10-4-2-1-3-7-13-20-19(23)17-12-11-15-8-5-6-9-16(15)14-17/h5-6,8-9,11-12,14H,1-4,7,10,13H2,(H,20,23)(H,21,22). The first-order valence-electron chi connectivity index (χ1n) is 8.15. The molecule has 2 aromatic rings. The smallest absolute Gasteiger partial charge is 0.303 e.